The highest BCUT2D eigenvalue weighted by atomic mass is 16.5. The van der Waals surface area contributed by atoms with Crippen LogP contribution in [0, 0.1) is 0 Å². The van der Waals surface area contributed by atoms with Crippen LogP contribution in [0.3, 0.4) is 0 Å². The van der Waals surface area contributed by atoms with Gasteiger partial charge in [-0.1, -0.05) is 30.3 Å². The molecule has 6 nitrogen and oxygen atoms in total. The number of aromatic nitrogens is 1. The van der Waals surface area contributed by atoms with Crippen molar-refractivity contribution in [1.82, 2.24) is 10.3 Å². The van der Waals surface area contributed by atoms with Gasteiger partial charge in [0.1, 0.15) is 17.2 Å². The van der Waals surface area contributed by atoms with Crippen LogP contribution in [0.15, 0.2) is 66.9 Å². The number of aryl methyl sites for hydroxylation is 1. The summed E-state index contributed by atoms with van der Waals surface area (Å²) < 4.78 is 10.6. The normalized spacial score (nSPS) is 10.3. The molecule has 0 saturated heterocycles. The zero-order chi connectivity index (χ0) is 20.5. The number of benzene rings is 2. The molecule has 6 heteroatoms. The van der Waals surface area contributed by atoms with Crippen molar-refractivity contribution in [3.8, 4) is 11.5 Å². The van der Waals surface area contributed by atoms with Crippen molar-refractivity contribution in [3.63, 3.8) is 0 Å². The van der Waals surface area contributed by atoms with Gasteiger partial charge in [-0.05, 0) is 42.7 Å². The minimum Gasteiger partial charge on any atom is -0.497 e. The number of nitrogens with zero attached hydrogens (tertiary/aromatic N) is 1. The molecule has 1 heterocycles. The first-order valence-corrected chi connectivity index (χ1v) is 9.47. The van der Waals surface area contributed by atoms with Crippen molar-refractivity contribution in [1.29, 1.82) is 0 Å². The summed E-state index contributed by atoms with van der Waals surface area (Å²) in [5.74, 6) is 1.22. The van der Waals surface area contributed by atoms with E-state index in [4.69, 9.17) is 9.47 Å². The van der Waals surface area contributed by atoms with E-state index in [9.17, 15) is 4.79 Å². The van der Waals surface area contributed by atoms with E-state index >= 15 is 0 Å². The molecule has 0 bridgehead atoms. The second-order valence-electron chi connectivity index (χ2n) is 6.47. The molecule has 29 heavy (non-hydrogen) atoms. The third-order valence-electron chi connectivity index (χ3n) is 4.45. The first-order valence-electron chi connectivity index (χ1n) is 9.47. The molecule has 0 fully saturated rings. The van der Waals surface area contributed by atoms with E-state index in [-0.39, 0.29) is 5.91 Å². The van der Waals surface area contributed by atoms with E-state index in [1.54, 1.807) is 26.5 Å². The number of nitrogens with one attached hydrogen (secondary N) is 2. The zero-order valence-corrected chi connectivity index (χ0v) is 16.6. The van der Waals surface area contributed by atoms with Crippen molar-refractivity contribution in [3.05, 3.63) is 78.1 Å². The molecule has 0 radical (unpaired) electrons. The number of hydrogen-bond donors (Lipinski definition) is 2. The van der Waals surface area contributed by atoms with Gasteiger partial charge in [-0.2, -0.15) is 0 Å². The zero-order valence-electron chi connectivity index (χ0n) is 16.6. The lowest BCUT2D eigenvalue weighted by Crippen LogP contribution is -2.25. The Kier molecular flexibility index (Phi) is 7.05. The molecule has 0 spiro atoms. The Morgan fingerprint density at radius 2 is 1.83 bits per heavy atom. The molecule has 0 atom stereocenters. The predicted octanol–water partition coefficient (Wildman–Crippen LogP) is 4.21. The van der Waals surface area contributed by atoms with Gasteiger partial charge in [0, 0.05) is 12.6 Å². The van der Waals surface area contributed by atoms with Gasteiger partial charge >= 0.3 is 0 Å². The number of anilines is 2. The summed E-state index contributed by atoms with van der Waals surface area (Å²) in [4.78, 5) is 16.5. The summed E-state index contributed by atoms with van der Waals surface area (Å²) in [6, 6.07) is 19.2. The number of methoxy groups -OCH3 is 2. The summed E-state index contributed by atoms with van der Waals surface area (Å²) in [6.45, 7) is 0.608. The second kappa shape index (κ2) is 10.1. The van der Waals surface area contributed by atoms with E-state index in [1.807, 2.05) is 42.5 Å². The largest absolute Gasteiger partial charge is 0.497 e. The van der Waals surface area contributed by atoms with Gasteiger partial charge in [-0.3, -0.25) is 4.79 Å². The van der Waals surface area contributed by atoms with Crippen LogP contribution in [0.1, 0.15) is 22.5 Å². The van der Waals surface area contributed by atoms with Crippen molar-refractivity contribution < 1.29 is 14.3 Å². The van der Waals surface area contributed by atoms with Crippen molar-refractivity contribution in [2.24, 2.45) is 0 Å². The smallest absolute Gasteiger partial charge is 0.269 e. The lowest BCUT2D eigenvalue weighted by Gasteiger charge is -2.12. The summed E-state index contributed by atoms with van der Waals surface area (Å²) in [6.07, 6.45) is 3.43. The fraction of sp³-hybridized carbons (Fsp3) is 0.217. The minimum absolute atomic E-state index is 0.177. The predicted molar refractivity (Wildman–Crippen MR) is 114 cm³/mol. The van der Waals surface area contributed by atoms with Gasteiger partial charge in [0.15, 0.2) is 0 Å². The SMILES string of the molecule is COc1ccc(OC)c(Nc2ccc(C(=O)NCCCc3ccccc3)nc2)c1. The van der Waals surface area contributed by atoms with E-state index in [0.29, 0.717) is 23.7 Å². The Balaban J connectivity index is 1.53. The molecule has 0 aliphatic heterocycles. The average Bonchev–Trinajstić information content (AvgIpc) is 2.77. The van der Waals surface area contributed by atoms with Crippen LogP contribution in [0.2, 0.25) is 0 Å². The number of rotatable bonds is 9. The fourth-order valence-corrected chi connectivity index (χ4v) is 2.90. The van der Waals surface area contributed by atoms with Gasteiger partial charge in [0.2, 0.25) is 0 Å². The van der Waals surface area contributed by atoms with Crippen molar-refractivity contribution >= 4 is 17.3 Å². The quantitative estimate of drug-likeness (QED) is 0.535. The van der Waals surface area contributed by atoms with Crippen LogP contribution >= 0.6 is 0 Å². The highest BCUT2D eigenvalue weighted by Crippen LogP contribution is 2.31. The molecule has 2 aromatic carbocycles. The Hall–Kier alpha value is -3.54. The van der Waals surface area contributed by atoms with Crippen molar-refractivity contribution in [2.75, 3.05) is 26.1 Å². The third kappa shape index (κ3) is 5.72. The molecule has 0 unspecified atom stereocenters. The number of ether oxygens (including phenoxy) is 2. The van der Waals surface area contributed by atoms with E-state index in [1.165, 1.54) is 5.56 Å². The van der Waals surface area contributed by atoms with Gasteiger partial charge in [-0.15, -0.1) is 0 Å². The Bertz CT molecular complexity index is 928. The summed E-state index contributed by atoms with van der Waals surface area (Å²) in [5.41, 5.74) is 3.15. The van der Waals surface area contributed by atoms with Gasteiger partial charge < -0.3 is 20.1 Å². The summed E-state index contributed by atoms with van der Waals surface area (Å²) >= 11 is 0. The monoisotopic (exact) mass is 391 g/mol. The topological polar surface area (TPSA) is 72.5 Å². The molecule has 2 N–H and O–H groups in total. The number of amides is 1. The molecule has 150 valence electrons. The molecular formula is C23H25N3O3. The van der Waals surface area contributed by atoms with Crippen molar-refractivity contribution in [2.45, 2.75) is 12.8 Å². The maximum atomic E-state index is 12.3. The highest BCUT2D eigenvalue weighted by Gasteiger charge is 2.09. The molecule has 3 aromatic rings. The fourth-order valence-electron chi connectivity index (χ4n) is 2.90. The second-order valence-corrected chi connectivity index (χ2v) is 6.47. The molecule has 1 amide bonds. The van der Waals surface area contributed by atoms with Crippen LogP contribution in [0.25, 0.3) is 0 Å². The van der Waals surface area contributed by atoms with E-state index in [2.05, 4.69) is 27.8 Å². The first-order chi connectivity index (χ1) is 14.2. The van der Waals surface area contributed by atoms with Crippen LogP contribution in [0.4, 0.5) is 11.4 Å². The molecular weight excluding hydrogens is 366 g/mol. The van der Waals surface area contributed by atoms with Gasteiger partial charge in [0.05, 0.1) is 31.8 Å². The van der Waals surface area contributed by atoms with E-state index in [0.717, 1.165) is 24.2 Å². The van der Waals surface area contributed by atoms with Crippen LogP contribution < -0.4 is 20.1 Å². The maximum Gasteiger partial charge on any atom is 0.269 e. The lowest BCUT2D eigenvalue weighted by atomic mass is 10.1. The molecule has 0 aliphatic carbocycles. The van der Waals surface area contributed by atoms with Gasteiger partial charge in [-0.25, -0.2) is 4.98 Å². The van der Waals surface area contributed by atoms with E-state index < -0.39 is 0 Å². The third-order valence-corrected chi connectivity index (χ3v) is 4.45. The van der Waals surface area contributed by atoms with Gasteiger partial charge in [0.25, 0.3) is 5.91 Å². The maximum absolute atomic E-state index is 12.3. The molecule has 1 aromatic heterocycles. The Morgan fingerprint density at radius 1 is 1.00 bits per heavy atom. The number of carbonyl (C=O) groups excluding carboxylic acids is 1. The summed E-state index contributed by atoms with van der Waals surface area (Å²) in [5, 5.41) is 6.15. The van der Waals surface area contributed by atoms with Crippen LogP contribution in [-0.4, -0.2) is 31.7 Å². The molecule has 3 rings (SSSR count). The lowest BCUT2D eigenvalue weighted by molar-refractivity contribution is 0.0948. The Morgan fingerprint density at radius 3 is 2.52 bits per heavy atom. The number of hydrogen-bond acceptors (Lipinski definition) is 5. The average molecular weight is 391 g/mol. The Labute approximate surface area is 170 Å². The van der Waals surface area contributed by atoms with Crippen LogP contribution in [-0.2, 0) is 6.42 Å². The standard InChI is InChI=1S/C23H25N3O3/c1-28-19-11-13-22(29-2)21(15-19)26-18-10-12-20(25-16-18)23(27)24-14-6-9-17-7-4-3-5-8-17/h3-5,7-8,10-13,15-16,26H,6,9,14H2,1-2H3,(H,24,27). The molecule has 0 aliphatic rings. The number of pyridine rings is 1. The number of carbonyl (C=O) groups is 1. The van der Waals surface area contributed by atoms with Crippen LogP contribution in [0.5, 0.6) is 11.5 Å². The minimum atomic E-state index is -0.177. The summed E-state index contributed by atoms with van der Waals surface area (Å²) in [7, 11) is 3.22. The molecule has 0 saturated carbocycles. The highest BCUT2D eigenvalue weighted by molar-refractivity contribution is 5.92. The first kappa shape index (κ1) is 20.2.